The molecule has 3 heterocycles. The van der Waals surface area contributed by atoms with Crippen molar-refractivity contribution in [3.63, 3.8) is 0 Å². The van der Waals surface area contributed by atoms with Crippen LogP contribution in [-0.4, -0.2) is 64.8 Å². The van der Waals surface area contributed by atoms with Crippen molar-refractivity contribution in [2.75, 3.05) is 32.8 Å². The summed E-state index contributed by atoms with van der Waals surface area (Å²) in [5.74, 6) is 0.177. The van der Waals surface area contributed by atoms with Crippen LogP contribution in [0.1, 0.15) is 33.7 Å². The molecule has 2 aromatic rings. The van der Waals surface area contributed by atoms with E-state index in [1.54, 1.807) is 6.07 Å². The number of amides is 1. The average Bonchev–Trinajstić information content (AvgIpc) is 3.25. The largest absolute Gasteiger partial charge is 0.390 e. The Balaban J connectivity index is 1.25. The summed E-state index contributed by atoms with van der Waals surface area (Å²) in [5.41, 5.74) is 3.90. The van der Waals surface area contributed by atoms with Crippen LogP contribution in [0.4, 0.5) is 0 Å². The van der Waals surface area contributed by atoms with Gasteiger partial charge in [0.15, 0.2) is 0 Å². The summed E-state index contributed by atoms with van der Waals surface area (Å²) in [6.45, 7) is 4.03. The molecule has 1 saturated heterocycles. The fourth-order valence-electron chi connectivity index (χ4n) is 4.05. The molecule has 2 aliphatic heterocycles. The number of aromatic nitrogens is 2. The van der Waals surface area contributed by atoms with E-state index in [0.29, 0.717) is 18.2 Å². The molecule has 0 saturated carbocycles. The number of ether oxygens (including phenoxy) is 1. The Labute approximate surface area is 171 Å². The Bertz CT molecular complexity index is 838. The molecule has 0 aliphatic carbocycles. The topological polar surface area (TPSA) is 87.6 Å². The fraction of sp³-hybridized carbons (Fsp3) is 0.500. The molecular formula is C22H28N4O3. The number of aliphatic hydroxyl groups is 1. The number of carbonyl (C=O) groups is 1. The molecule has 1 aromatic carbocycles. The third-order valence-electron chi connectivity index (χ3n) is 5.66. The van der Waals surface area contributed by atoms with Crippen molar-refractivity contribution < 1.29 is 14.6 Å². The highest BCUT2D eigenvalue weighted by Gasteiger charge is 2.20. The maximum Gasteiger partial charge on any atom is 0.270 e. The van der Waals surface area contributed by atoms with Gasteiger partial charge in [0.1, 0.15) is 12.0 Å². The quantitative estimate of drug-likeness (QED) is 0.731. The van der Waals surface area contributed by atoms with Gasteiger partial charge in [0.05, 0.1) is 6.10 Å². The van der Waals surface area contributed by atoms with Gasteiger partial charge in [0.2, 0.25) is 0 Å². The minimum atomic E-state index is -0.624. The predicted molar refractivity (Wildman–Crippen MR) is 108 cm³/mol. The van der Waals surface area contributed by atoms with Gasteiger partial charge in [-0.1, -0.05) is 24.3 Å². The summed E-state index contributed by atoms with van der Waals surface area (Å²) in [4.78, 5) is 23.0. The predicted octanol–water partition coefficient (Wildman–Crippen LogP) is 1.20. The molecule has 29 heavy (non-hydrogen) atoms. The molecule has 1 aromatic heterocycles. The summed E-state index contributed by atoms with van der Waals surface area (Å²) < 4.78 is 5.40. The van der Waals surface area contributed by atoms with Crippen LogP contribution in [-0.2, 0) is 24.1 Å². The van der Waals surface area contributed by atoms with Crippen molar-refractivity contribution in [3.8, 4) is 0 Å². The number of nitrogens with one attached hydrogen (secondary N) is 1. The third kappa shape index (κ3) is 5.38. The molecule has 1 fully saturated rings. The summed E-state index contributed by atoms with van der Waals surface area (Å²) in [6, 6.07) is 10.2. The van der Waals surface area contributed by atoms with E-state index in [0.717, 1.165) is 51.3 Å². The van der Waals surface area contributed by atoms with Gasteiger partial charge < -0.3 is 15.2 Å². The first kappa shape index (κ1) is 19.9. The zero-order valence-corrected chi connectivity index (χ0v) is 16.6. The van der Waals surface area contributed by atoms with E-state index < -0.39 is 6.10 Å². The maximum atomic E-state index is 12.4. The van der Waals surface area contributed by atoms with Gasteiger partial charge in [0.25, 0.3) is 5.91 Å². The lowest BCUT2D eigenvalue weighted by Crippen LogP contribution is -2.42. The van der Waals surface area contributed by atoms with Crippen LogP contribution >= 0.6 is 0 Å². The number of carbonyl (C=O) groups excluding carboxylic acids is 1. The number of nitrogens with zero attached hydrogens (tertiary/aromatic N) is 3. The average molecular weight is 396 g/mol. The molecule has 154 valence electrons. The summed E-state index contributed by atoms with van der Waals surface area (Å²) >= 11 is 0. The first-order valence-corrected chi connectivity index (χ1v) is 10.3. The zero-order valence-electron chi connectivity index (χ0n) is 16.6. The van der Waals surface area contributed by atoms with E-state index in [9.17, 15) is 9.90 Å². The van der Waals surface area contributed by atoms with Crippen LogP contribution < -0.4 is 5.32 Å². The molecule has 1 amide bonds. The van der Waals surface area contributed by atoms with Crippen LogP contribution in [0.5, 0.6) is 0 Å². The van der Waals surface area contributed by atoms with Crippen LogP contribution in [0.25, 0.3) is 0 Å². The van der Waals surface area contributed by atoms with Crippen LogP contribution in [0.15, 0.2) is 36.7 Å². The second kappa shape index (κ2) is 9.43. The fourth-order valence-corrected chi connectivity index (χ4v) is 4.05. The first-order valence-electron chi connectivity index (χ1n) is 10.3. The van der Waals surface area contributed by atoms with Crippen molar-refractivity contribution in [2.24, 2.45) is 5.92 Å². The van der Waals surface area contributed by atoms with E-state index >= 15 is 0 Å². The smallest absolute Gasteiger partial charge is 0.270 e. The van der Waals surface area contributed by atoms with Crippen LogP contribution in [0.3, 0.4) is 0 Å². The lowest BCUT2D eigenvalue weighted by atomic mass is 10.00. The van der Waals surface area contributed by atoms with E-state index in [-0.39, 0.29) is 12.5 Å². The molecule has 7 nitrogen and oxygen atoms in total. The third-order valence-corrected chi connectivity index (χ3v) is 5.66. The molecule has 4 rings (SSSR count). The molecule has 7 heteroatoms. The van der Waals surface area contributed by atoms with Crippen molar-refractivity contribution in [1.29, 1.82) is 0 Å². The summed E-state index contributed by atoms with van der Waals surface area (Å²) in [6.07, 6.45) is 3.62. The number of β-amino-alcohol motifs (C(OH)–C–C–N with tert-alkyl or cyclic N) is 1. The second-order valence-electron chi connectivity index (χ2n) is 7.95. The van der Waals surface area contributed by atoms with Gasteiger partial charge in [-0.3, -0.25) is 9.69 Å². The number of hydrogen-bond acceptors (Lipinski definition) is 6. The molecule has 0 radical (unpaired) electrons. The number of hydrogen-bond donors (Lipinski definition) is 2. The molecule has 0 unspecified atom stereocenters. The molecule has 0 bridgehead atoms. The molecule has 2 aliphatic rings. The number of fused-ring (bicyclic) bond motifs is 1. The molecule has 0 spiro atoms. The van der Waals surface area contributed by atoms with Crippen molar-refractivity contribution in [1.82, 2.24) is 20.2 Å². The second-order valence-corrected chi connectivity index (χ2v) is 7.95. The summed E-state index contributed by atoms with van der Waals surface area (Å²) in [7, 11) is 0. The van der Waals surface area contributed by atoms with Gasteiger partial charge in [-0.2, -0.15) is 0 Å². The van der Waals surface area contributed by atoms with Crippen molar-refractivity contribution in [3.05, 3.63) is 59.2 Å². The van der Waals surface area contributed by atoms with Crippen LogP contribution in [0, 0.1) is 5.92 Å². The highest BCUT2D eigenvalue weighted by molar-refractivity contribution is 5.92. The first-order chi connectivity index (χ1) is 14.2. The molecular weight excluding hydrogens is 368 g/mol. The molecule has 2 N–H and O–H groups in total. The van der Waals surface area contributed by atoms with E-state index in [1.165, 1.54) is 17.5 Å². The number of rotatable bonds is 7. The highest BCUT2D eigenvalue weighted by atomic mass is 16.5. The van der Waals surface area contributed by atoms with Gasteiger partial charge in [-0.05, 0) is 42.4 Å². The lowest BCUT2D eigenvalue weighted by molar-refractivity contribution is 0.0838. The summed E-state index contributed by atoms with van der Waals surface area (Å²) in [5, 5.41) is 13.2. The van der Waals surface area contributed by atoms with E-state index in [1.807, 2.05) is 0 Å². The van der Waals surface area contributed by atoms with Crippen LogP contribution in [0.2, 0.25) is 0 Å². The van der Waals surface area contributed by atoms with Gasteiger partial charge >= 0.3 is 0 Å². The Morgan fingerprint density at radius 2 is 2.17 bits per heavy atom. The maximum absolute atomic E-state index is 12.4. The monoisotopic (exact) mass is 396 g/mol. The van der Waals surface area contributed by atoms with E-state index in [2.05, 4.69) is 44.5 Å². The number of benzene rings is 1. The number of aliphatic hydroxyl groups excluding tert-OH is 1. The Hall–Kier alpha value is -2.35. The standard InChI is InChI=1S/C22H28N4O3/c27-20(13-26-7-5-17-3-1-2-4-18(17)12-26)11-23-22(28)21-10-19(24-15-25-21)9-16-6-8-29-14-16/h1-4,10,15-16,20,27H,5-9,11-14H2,(H,23,28)/t16-,20+/m1/s1. The Morgan fingerprint density at radius 3 is 3.00 bits per heavy atom. The minimum absolute atomic E-state index is 0.201. The normalized spacial score (nSPS) is 20.2. The Morgan fingerprint density at radius 1 is 1.31 bits per heavy atom. The van der Waals surface area contributed by atoms with Crippen molar-refractivity contribution in [2.45, 2.75) is 31.9 Å². The van der Waals surface area contributed by atoms with Gasteiger partial charge in [0, 0.05) is 45.1 Å². The molecule has 2 atom stereocenters. The SMILES string of the molecule is O=C(NC[C@H](O)CN1CCc2ccccc2C1)c1cc(C[C@H]2CCOC2)ncn1. The minimum Gasteiger partial charge on any atom is -0.390 e. The highest BCUT2D eigenvalue weighted by Crippen LogP contribution is 2.19. The lowest BCUT2D eigenvalue weighted by Gasteiger charge is -2.30. The van der Waals surface area contributed by atoms with Crippen molar-refractivity contribution >= 4 is 5.91 Å². The van der Waals surface area contributed by atoms with Gasteiger partial charge in [-0.15, -0.1) is 0 Å². The van der Waals surface area contributed by atoms with Gasteiger partial charge in [-0.25, -0.2) is 9.97 Å². The Kier molecular flexibility index (Phi) is 6.49. The van der Waals surface area contributed by atoms with E-state index in [4.69, 9.17) is 4.74 Å². The zero-order chi connectivity index (χ0) is 20.1.